The molecule has 0 aliphatic rings. The third kappa shape index (κ3) is 4.72. The number of hydrogen-bond acceptors (Lipinski definition) is 4. The van der Waals surface area contributed by atoms with Gasteiger partial charge in [-0.3, -0.25) is 9.97 Å². The van der Waals surface area contributed by atoms with Gasteiger partial charge in [-0.05, 0) is 53.8 Å². The summed E-state index contributed by atoms with van der Waals surface area (Å²) in [5, 5.41) is 12.9. The fraction of sp³-hybridized carbons (Fsp3) is 0.192. The smallest absolute Gasteiger partial charge is 0.336 e. The molecule has 31 heavy (non-hydrogen) atoms. The van der Waals surface area contributed by atoms with Gasteiger partial charge in [-0.1, -0.05) is 55.8 Å². The molecule has 2 N–H and O–H groups in total. The number of nitrogens with one attached hydrogen (secondary N) is 1. The lowest BCUT2D eigenvalue weighted by Crippen LogP contribution is -2.03. The molecule has 2 aromatic heterocycles. The Balaban J connectivity index is 1.55. The van der Waals surface area contributed by atoms with Gasteiger partial charge in [0.2, 0.25) is 0 Å². The van der Waals surface area contributed by atoms with E-state index in [0.29, 0.717) is 12.1 Å². The molecular weight excluding hydrogens is 386 g/mol. The molecule has 5 nitrogen and oxygen atoms in total. The van der Waals surface area contributed by atoms with Crippen molar-refractivity contribution in [3.63, 3.8) is 0 Å². The van der Waals surface area contributed by atoms with Gasteiger partial charge in [0.25, 0.3) is 0 Å². The number of anilines is 1. The van der Waals surface area contributed by atoms with E-state index in [1.807, 2.05) is 48.5 Å². The molecule has 0 radical (unpaired) electrons. The van der Waals surface area contributed by atoms with Crippen LogP contribution in [0.1, 0.15) is 41.4 Å². The first-order chi connectivity index (χ1) is 15.2. The summed E-state index contributed by atoms with van der Waals surface area (Å²) in [7, 11) is 0. The highest BCUT2D eigenvalue weighted by molar-refractivity contribution is 5.96. The first kappa shape index (κ1) is 20.5. The Morgan fingerprint density at radius 2 is 1.84 bits per heavy atom. The molecule has 2 heterocycles. The topological polar surface area (TPSA) is 75.1 Å². The number of carboxylic acids is 1. The molecule has 0 fully saturated rings. The standard InChI is InChI=1S/C26H25N3O2/c1-2-3-7-20-16-24(25-23(29-20)10-6-15-27-25)28-17-18-11-13-19(14-12-18)21-8-4-5-9-22(21)26(30)31/h4-6,8-16H,2-3,7,17H2,1H3,(H,28,29)(H,30,31). The lowest BCUT2D eigenvalue weighted by molar-refractivity contribution is 0.0697. The molecule has 2 aromatic carbocycles. The van der Waals surface area contributed by atoms with Crippen molar-refractivity contribution >= 4 is 22.7 Å². The van der Waals surface area contributed by atoms with Crippen molar-refractivity contribution in [1.82, 2.24) is 9.97 Å². The average Bonchev–Trinajstić information content (AvgIpc) is 2.81. The number of carboxylic acid groups (broad SMARTS) is 1. The van der Waals surface area contributed by atoms with Crippen LogP contribution in [-0.2, 0) is 13.0 Å². The Morgan fingerprint density at radius 1 is 1.03 bits per heavy atom. The molecule has 0 aliphatic heterocycles. The maximum Gasteiger partial charge on any atom is 0.336 e. The molecule has 0 atom stereocenters. The third-order valence-electron chi connectivity index (χ3n) is 5.31. The van der Waals surface area contributed by atoms with E-state index in [9.17, 15) is 9.90 Å². The zero-order chi connectivity index (χ0) is 21.6. The minimum Gasteiger partial charge on any atom is -0.478 e. The van der Waals surface area contributed by atoms with Gasteiger partial charge in [0.05, 0.1) is 16.8 Å². The van der Waals surface area contributed by atoms with E-state index < -0.39 is 5.97 Å². The molecule has 0 spiro atoms. The van der Waals surface area contributed by atoms with E-state index in [0.717, 1.165) is 58.4 Å². The Bertz CT molecular complexity index is 1200. The molecule has 0 unspecified atom stereocenters. The first-order valence-corrected chi connectivity index (χ1v) is 10.6. The predicted molar refractivity (Wildman–Crippen MR) is 124 cm³/mol. The van der Waals surface area contributed by atoms with Crippen molar-refractivity contribution < 1.29 is 9.90 Å². The van der Waals surface area contributed by atoms with Gasteiger partial charge in [0.1, 0.15) is 5.52 Å². The molecule has 0 saturated carbocycles. The van der Waals surface area contributed by atoms with Crippen LogP contribution in [0.3, 0.4) is 0 Å². The van der Waals surface area contributed by atoms with E-state index >= 15 is 0 Å². The van der Waals surface area contributed by atoms with Gasteiger partial charge in [-0.25, -0.2) is 4.79 Å². The third-order valence-corrected chi connectivity index (χ3v) is 5.31. The summed E-state index contributed by atoms with van der Waals surface area (Å²) >= 11 is 0. The number of pyridine rings is 2. The normalized spacial score (nSPS) is 10.9. The monoisotopic (exact) mass is 411 g/mol. The largest absolute Gasteiger partial charge is 0.478 e. The predicted octanol–water partition coefficient (Wildman–Crippen LogP) is 5.95. The fourth-order valence-electron chi connectivity index (χ4n) is 3.66. The van der Waals surface area contributed by atoms with Crippen LogP contribution in [-0.4, -0.2) is 21.0 Å². The lowest BCUT2D eigenvalue weighted by Gasteiger charge is -2.12. The average molecular weight is 412 g/mol. The quantitative estimate of drug-likeness (QED) is 0.375. The molecule has 0 saturated heterocycles. The van der Waals surface area contributed by atoms with Crippen LogP contribution < -0.4 is 5.32 Å². The van der Waals surface area contributed by atoms with Crippen LogP contribution >= 0.6 is 0 Å². The lowest BCUT2D eigenvalue weighted by atomic mass is 9.99. The fourth-order valence-corrected chi connectivity index (χ4v) is 3.66. The van der Waals surface area contributed by atoms with Crippen molar-refractivity contribution in [3.8, 4) is 11.1 Å². The summed E-state index contributed by atoms with van der Waals surface area (Å²) < 4.78 is 0. The molecular formula is C26H25N3O2. The number of aromatic nitrogens is 2. The Kier molecular flexibility index (Phi) is 6.22. The minimum absolute atomic E-state index is 0.308. The zero-order valence-corrected chi connectivity index (χ0v) is 17.5. The first-order valence-electron chi connectivity index (χ1n) is 10.6. The summed E-state index contributed by atoms with van der Waals surface area (Å²) in [6.07, 6.45) is 4.98. The van der Waals surface area contributed by atoms with Crippen LogP contribution in [0.4, 0.5) is 5.69 Å². The maximum absolute atomic E-state index is 11.5. The number of unbranched alkanes of at least 4 members (excludes halogenated alkanes) is 1. The highest BCUT2D eigenvalue weighted by Gasteiger charge is 2.11. The number of fused-ring (bicyclic) bond motifs is 1. The molecule has 0 bridgehead atoms. The Labute approximate surface area is 181 Å². The summed E-state index contributed by atoms with van der Waals surface area (Å²) in [6.45, 7) is 2.82. The maximum atomic E-state index is 11.5. The van der Waals surface area contributed by atoms with Crippen molar-refractivity contribution in [3.05, 3.63) is 89.7 Å². The second-order valence-corrected chi connectivity index (χ2v) is 7.54. The van der Waals surface area contributed by atoms with Crippen LogP contribution in [0.5, 0.6) is 0 Å². The number of hydrogen-bond donors (Lipinski definition) is 2. The Morgan fingerprint density at radius 3 is 2.61 bits per heavy atom. The second kappa shape index (κ2) is 9.39. The number of carbonyl (C=O) groups is 1. The Hall–Kier alpha value is -3.73. The van der Waals surface area contributed by atoms with Gasteiger partial charge in [-0.2, -0.15) is 0 Å². The van der Waals surface area contributed by atoms with Crippen LogP contribution in [0.25, 0.3) is 22.2 Å². The summed E-state index contributed by atoms with van der Waals surface area (Å²) in [5.74, 6) is -0.919. The van der Waals surface area contributed by atoms with Crippen LogP contribution in [0.2, 0.25) is 0 Å². The molecule has 4 rings (SSSR count). The van der Waals surface area contributed by atoms with Gasteiger partial charge in [0, 0.05) is 18.4 Å². The van der Waals surface area contributed by atoms with Crippen LogP contribution in [0, 0.1) is 0 Å². The zero-order valence-electron chi connectivity index (χ0n) is 17.5. The minimum atomic E-state index is -0.919. The van der Waals surface area contributed by atoms with Crippen molar-refractivity contribution in [2.45, 2.75) is 32.7 Å². The summed E-state index contributed by atoms with van der Waals surface area (Å²) in [6, 6.07) is 21.1. The highest BCUT2D eigenvalue weighted by atomic mass is 16.4. The highest BCUT2D eigenvalue weighted by Crippen LogP contribution is 2.26. The molecule has 4 aromatic rings. The number of aromatic carboxylic acids is 1. The number of benzene rings is 2. The van der Waals surface area contributed by atoms with Crippen molar-refractivity contribution in [1.29, 1.82) is 0 Å². The van der Waals surface area contributed by atoms with E-state index in [1.165, 1.54) is 0 Å². The van der Waals surface area contributed by atoms with Gasteiger partial charge < -0.3 is 10.4 Å². The summed E-state index contributed by atoms with van der Waals surface area (Å²) in [4.78, 5) is 20.8. The van der Waals surface area contributed by atoms with E-state index in [1.54, 1.807) is 18.3 Å². The van der Waals surface area contributed by atoms with Gasteiger partial charge in [-0.15, -0.1) is 0 Å². The molecule has 0 amide bonds. The van der Waals surface area contributed by atoms with Crippen molar-refractivity contribution in [2.24, 2.45) is 0 Å². The van der Waals surface area contributed by atoms with E-state index in [-0.39, 0.29) is 0 Å². The molecule has 0 aliphatic carbocycles. The number of nitrogens with zero attached hydrogens (tertiary/aromatic N) is 2. The molecule has 5 heteroatoms. The van der Waals surface area contributed by atoms with Crippen molar-refractivity contribution in [2.75, 3.05) is 5.32 Å². The second-order valence-electron chi connectivity index (χ2n) is 7.54. The van der Waals surface area contributed by atoms with Crippen LogP contribution in [0.15, 0.2) is 72.9 Å². The van der Waals surface area contributed by atoms with E-state index in [2.05, 4.69) is 23.3 Å². The van der Waals surface area contributed by atoms with E-state index in [4.69, 9.17) is 4.98 Å². The summed E-state index contributed by atoms with van der Waals surface area (Å²) in [5.41, 5.74) is 6.85. The SMILES string of the molecule is CCCCc1cc(NCc2ccc(-c3ccccc3C(=O)O)cc2)c2ncccc2n1. The molecule has 156 valence electrons. The number of aryl methyl sites for hydroxylation is 1. The van der Waals surface area contributed by atoms with Gasteiger partial charge in [0.15, 0.2) is 0 Å². The number of rotatable bonds is 8. The van der Waals surface area contributed by atoms with Gasteiger partial charge >= 0.3 is 5.97 Å².